The Morgan fingerprint density at radius 3 is 2.90 bits per heavy atom. The summed E-state index contributed by atoms with van der Waals surface area (Å²) in [6.45, 7) is 3.36. The summed E-state index contributed by atoms with van der Waals surface area (Å²) in [5.41, 5.74) is 0. The van der Waals surface area contributed by atoms with E-state index in [-0.39, 0.29) is 17.3 Å². The Morgan fingerprint density at radius 1 is 1.31 bits per heavy atom. The summed E-state index contributed by atoms with van der Waals surface area (Å²) in [4.78, 5) is 13.9. The van der Waals surface area contributed by atoms with Crippen LogP contribution in [0.3, 0.4) is 0 Å². The van der Waals surface area contributed by atoms with Gasteiger partial charge in [0.25, 0.3) is 0 Å². The molecule has 2 aromatic rings. The van der Waals surface area contributed by atoms with Crippen LogP contribution in [-0.4, -0.2) is 45.2 Å². The molecule has 6 nitrogen and oxygen atoms in total. The van der Waals surface area contributed by atoms with Crippen LogP contribution in [0.1, 0.15) is 68.6 Å². The van der Waals surface area contributed by atoms with E-state index in [0.29, 0.717) is 12.6 Å². The quantitative estimate of drug-likeness (QED) is 0.630. The molecule has 4 rings (SSSR count). The van der Waals surface area contributed by atoms with Crippen molar-refractivity contribution in [3.05, 3.63) is 28.2 Å². The average Bonchev–Trinajstić information content (AvgIpc) is 3.50. The Kier molecular flexibility index (Phi) is 7.26. The van der Waals surface area contributed by atoms with Gasteiger partial charge in [0.15, 0.2) is 5.16 Å². The van der Waals surface area contributed by atoms with Gasteiger partial charge in [-0.05, 0) is 44.1 Å². The standard InChI is InChI=1S/C21H30N4O2S2/c1-15(20(26)22-14-17-9-5-11-27-17)29-21-24-23-19(13-18-10-6-12-28-18)25(21)16-7-3-2-4-8-16/h6,10,12,15-17H,2-5,7-9,11,13-14H2,1H3,(H,22,26)/t15-,17+/m0/s1. The van der Waals surface area contributed by atoms with E-state index in [1.807, 2.05) is 6.92 Å². The molecule has 1 aliphatic carbocycles. The van der Waals surface area contributed by atoms with E-state index in [2.05, 4.69) is 37.6 Å². The Hall–Kier alpha value is -1.38. The van der Waals surface area contributed by atoms with Gasteiger partial charge in [-0.3, -0.25) is 4.79 Å². The van der Waals surface area contributed by atoms with Crippen molar-refractivity contribution in [1.82, 2.24) is 20.1 Å². The van der Waals surface area contributed by atoms with Crippen molar-refractivity contribution in [2.45, 2.75) is 80.8 Å². The summed E-state index contributed by atoms with van der Waals surface area (Å²) < 4.78 is 7.93. The zero-order valence-electron chi connectivity index (χ0n) is 17.0. The number of nitrogens with zero attached hydrogens (tertiary/aromatic N) is 3. The fourth-order valence-electron chi connectivity index (χ4n) is 4.16. The summed E-state index contributed by atoms with van der Waals surface area (Å²) in [7, 11) is 0. The number of aromatic nitrogens is 3. The predicted molar refractivity (Wildman–Crippen MR) is 117 cm³/mol. The van der Waals surface area contributed by atoms with E-state index < -0.39 is 0 Å². The highest BCUT2D eigenvalue weighted by molar-refractivity contribution is 8.00. The second-order valence-electron chi connectivity index (χ2n) is 7.96. The molecular weight excluding hydrogens is 404 g/mol. The minimum Gasteiger partial charge on any atom is -0.376 e. The van der Waals surface area contributed by atoms with Crippen LogP contribution in [0, 0.1) is 0 Å². The molecule has 0 radical (unpaired) electrons. The van der Waals surface area contributed by atoms with Crippen molar-refractivity contribution >= 4 is 29.0 Å². The molecule has 1 aliphatic heterocycles. The van der Waals surface area contributed by atoms with E-state index in [0.717, 1.165) is 36.9 Å². The van der Waals surface area contributed by atoms with Gasteiger partial charge >= 0.3 is 0 Å². The van der Waals surface area contributed by atoms with Gasteiger partial charge in [0.1, 0.15) is 5.82 Å². The van der Waals surface area contributed by atoms with Crippen molar-refractivity contribution < 1.29 is 9.53 Å². The smallest absolute Gasteiger partial charge is 0.233 e. The molecule has 1 amide bonds. The summed E-state index contributed by atoms with van der Waals surface area (Å²) in [5.74, 6) is 1.07. The monoisotopic (exact) mass is 434 g/mol. The molecule has 0 spiro atoms. The molecule has 158 valence electrons. The van der Waals surface area contributed by atoms with Gasteiger partial charge in [-0.15, -0.1) is 21.5 Å². The van der Waals surface area contributed by atoms with Gasteiger partial charge in [-0.2, -0.15) is 0 Å². The highest BCUT2D eigenvalue weighted by Gasteiger charge is 2.26. The molecule has 2 atom stereocenters. The van der Waals surface area contributed by atoms with Crippen molar-refractivity contribution in [1.29, 1.82) is 0 Å². The second-order valence-corrected chi connectivity index (χ2v) is 10.3. The molecule has 29 heavy (non-hydrogen) atoms. The lowest BCUT2D eigenvalue weighted by atomic mass is 9.95. The summed E-state index contributed by atoms with van der Waals surface area (Å²) in [5, 5.41) is 14.9. The number of carbonyl (C=O) groups excluding carboxylic acids is 1. The Balaban J connectivity index is 1.45. The van der Waals surface area contributed by atoms with Crippen LogP contribution >= 0.6 is 23.1 Å². The second kappa shape index (κ2) is 10.1. The van der Waals surface area contributed by atoms with Crippen LogP contribution in [0.15, 0.2) is 22.7 Å². The van der Waals surface area contributed by atoms with Gasteiger partial charge < -0.3 is 14.6 Å². The molecule has 3 heterocycles. The number of hydrogen-bond donors (Lipinski definition) is 1. The topological polar surface area (TPSA) is 69.0 Å². The minimum atomic E-state index is -0.211. The number of thiophene rings is 1. The Morgan fingerprint density at radius 2 is 2.17 bits per heavy atom. The van der Waals surface area contributed by atoms with Crippen LogP contribution in [0.25, 0.3) is 0 Å². The van der Waals surface area contributed by atoms with Crippen LogP contribution in [0.2, 0.25) is 0 Å². The lowest BCUT2D eigenvalue weighted by Crippen LogP contribution is -2.36. The van der Waals surface area contributed by atoms with E-state index in [9.17, 15) is 4.79 Å². The summed E-state index contributed by atoms with van der Waals surface area (Å²) >= 11 is 3.28. The Labute approximate surface area is 180 Å². The molecule has 0 bridgehead atoms. The van der Waals surface area contributed by atoms with E-state index in [1.165, 1.54) is 48.7 Å². The molecule has 2 fully saturated rings. The highest BCUT2D eigenvalue weighted by Crippen LogP contribution is 2.34. The van der Waals surface area contributed by atoms with Crippen LogP contribution < -0.4 is 5.32 Å². The minimum absolute atomic E-state index is 0.0449. The van der Waals surface area contributed by atoms with E-state index in [1.54, 1.807) is 11.3 Å². The van der Waals surface area contributed by atoms with Crippen LogP contribution in [-0.2, 0) is 16.0 Å². The summed E-state index contributed by atoms with van der Waals surface area (Å²) in [6.07, 6.45) is 9.24. The Bertz CT molecular complexity index is 781. The lowest BCUT2D eigenvalue weighted by Gasteiger charge is -2.26. The highest BCUT2D eigenvalue weighted by atomic mass is 32.2. The third-order valence-corrected chi connectivity index (χ3v) is 7.70. The van der Waals surface area contributed by atoms with Crippen LogP contribution in [0.5, 0.6) is 0 Å². The zero-order chi connectivity index (χ0) is 20.1. The third-order valence-electron chi connectivity index (χ3n) is 5.77. The fourth-order valence-corrected chi connectivity index (χ4v) is 5.82. The van der Waals surface area contributed by atoms with Crippen molar-refractivity contribution in [3.8, 4) is 0 Å². The number of ether oxygens (including phenoxy) is 1. The molecule has 1 saturated carbocycles. The third kappa shape index (κ3) is 5.41. The molecule has 1 saturated heterocycles. The van der Waals surface area contributed by atoms with Crippen molar-refractivity contribution in [2.24, 2.45) is 0 Å². The first-order valence-corrected chi connectivity index (χ1v) is 12.5. The SMILES string of the molecule is C[C@H](Sc1nnc(Cc2cccs2)n1C1CCCCC1)C(=O)NC[C@H]1CCCO1. The number of hydrogen-bond acceptors (Lipinski definition) is 6. The maximum absolute atomic E-state index is 12.6. The molecule has 2 aromatic heterocycles. The van der Waals surface area contributed by atoms with E-state index >= 15 is 0 Å². The van der Waals surface area contributed by atoms with Crippen LogP contribution in [0.4, 0.5) is 0 Å². The zero-order valence-corrected chi connectivity index (χ0v) is 18.6. The number of nitrogens with one attached hydrogen (secondary N) is 1. The van der Waals surface area contributed by atoms with Gasteiger partial charge in [0.2, 0.25) is 5.91 Å². The maximum Gasteiger partial charge on any atom is 0.233 e. The number of thioether (sulfide) groups is 1. The molecule has 2 aliphatic rings. The molecule has 1 N–H and O–H groups in total. The van der Waals surface area contributed by atoms with Gasteiger partial charge in [-0.25, -0.2) is 0 Å². The summed E-state index contributed by atoms with van der Waals surface area (Å²) in [6, 6.07) is 4.68. The first-order valence-electron chi connectivity index (χ1n) is 10.7. The van der Waals surface area contributed by atoms with Crippen molar-refractivity contribution in [2.75, 3.05) is 13.2 Å². The van der Waals surface area contributed by atoms with Gasteiger partial charge in [0.05, 0.1) is 11.4 Å². The first kappa shape index (κ1) is 20.9. The molecule has 0 aromatic carbocycles. The maximum atomic E-state index is 12.6. The fraction of sp³-hybridized carbons (Fsp3) is 0.667. The molecule has 8 heteroatoms. The number of amides is 1. The molecular formula is C21H30N4O2S2. The average molecular weight is 435 g/mol. The van der Waals surface area contributed by atoms with Crippen molar-refractivity contribution in [3.63, 3.8) is 0 Å². The largest absolute Gasteiger partial charge is 0.376 e. The molecule has 0 unspecified atom stereocenters. The van der Waals surface area contributed by atoms with E-state index in [4.69, 9.17) is 4.74 Å². The first-order chi connectivity index (χ1) is 14.2. The number of carbonyl (C=O) groups is 1. The van der Waals surface area contributed by atoms with Gasteiger partial charge in [0, 0.05) is 30.5 Å². The lowest BCUT2D eigenvalue weighted by molar-refractivity contribution is -0.120. The van der Waals surface area contributed by atoms with Gasteiger partial charge in [-0.1, -0.05) is 37.1 Å². The predicted octanol–water partition coefficient (Wildman–Crippen LogP) is 4.21. The number of rotatable bonds is 8. The normalized spacial score (nSPS) is 21.3.